The van der Waals surface area contributed by atoms with Gasteiger partial charge in [-0.2, -0.15) is 4.98 Å². The van der Waals surface area contributed by atoms with Crippen molar-refractivity contribution < 1.29 is 4.52 Å². The Morgan fingerprint density at radius 3 is 3.05 bits per heavy atom. The van der Waals surface area contributed by atoms with Gasteiger partial charge >= 0.3 is 0 Å². The van der Waals surface area contributed by atoms with E-state index in [0.29, 0.717) is 18.1 Å². The topological polar surface area (TPSA) is 64.9 Å². The zero-order valence-corrected chi connectivity index (χ0v) is 11.5. The normalized spacial score (nSPS) is 12.9. The molecular weight excluding hydrogens is 258 g/mol. The van der Waals surface area contributed by atoms with Crippen LogP contribution in [0.1, 0.15) is 19.2 Å². The van der Waals surface area contributed by atoms with Gasteiger partial charge in [-0.05, 0) is 12.5 Å². The van der Waals surface area contributed by atoms with Gasteiger partial charge in [0.2, 0.25) is 0 Å². The standard InChI is InChI=1S/C14H15N3OS/c1-2-9(15)7-13-16-14(18-17-13)11-8-19-12-6-4-3-5-10(11)12/h3-6,8-9H,2,7,15H2,1H3. The maximum atomic E-state index is 5.90. The van der Waals surface area contributed by atoms with Crippen LogP contribution in [0.25, 0.3) is 21.5 Å². The van der Waals surface area contributed by atoms with Crippen LogP contribution in [0, 0.1) is 0 Å². The van der Waals surface area contributed by atoms with Crippen molar-refractivity contribution >= 4 is 21.4 Å². The highest BCUT2D eigenvalue weighted by molar-refractivity contribution is 7.17. The van der Waals surface area contributed by atoms with E-state index in [1.54, 1.807) is 11.3 Å². The minimum atomic E-state index is 0.0877. The van der Waals surface area contributed by atoms with E-state index in [2.05, 4.69) is 34.6 Å². The van der Waals surface area contributed by atoms with Crippen LogP contribution >= 0.6 is 11.3 Å². The summed E-state index contributed by atoms with van der Waals surface area (Å²) >= 11 is 1.68. The minimum Gasteiger partial charge on any atom is -0.334 e. The van der Waals surface area contributed by atoms with E-state index in [-0.39, 0.29) is 6.04 Å². The fraction of sp³-hybridized carbons (Fsp3) is 0.286. The molecular formula is C14H15N3OS. The SMILES string of the molecule is CCC(N)Cc1noc(-c2csc3ccccc23)n1. The first-order valence-corrected chi connectivity index (χ1v) is 7.20. The lowest BCUT2D eigenvalue weighted by molar-refractivity contribution is 0.419. The van der Waals surface area contributed by atoms with Gasteiger partial charge in [0.05, 0.1) is 5.56 Å². The molecule has 5 heteroatoms. The molecule has 0 bridgehead atoms. The van der Waals surface area contributed by atoms with Crippen molar-refractivity contribution in [3.8, 4) is 11.5 Å². The molecule has 0 spiro atoms. The molecule has 0 saturated heterocycles. The average molecular weight is 273 g/mol. The number of hydrogen-bond acceptors (Lipinski definition) is 5. The molecule has 3 rings (SSSR count). The Bertz CT molecular complexity index is 689. The zero-order valence-electron chi connectivity index (χ0n) is 10.7. The lowest BCUT2D eigenvalue weighted by Crippen LogP contribution is -2.21. The number of nitrogens with two attached hydrogens (primary N) is 1. The Balaban J connectivity index is 1.94. The van der Waals surface area contributed by atoms with Gasteiger partial charge in [0.25, 0.3) is 5.89 Å². The summed E-state index contributed by atoms with van der Waals surface area (Å²) in [6, 6.07) is 8.30. The molecule has 2 heterocycles. The van der Waals surface area contributed by atoms with E-state index in [1.807, 2.05) is 12.1 Å². The van der Waals surface area contributed by atoms with Crippen molar-refractivity contribution in [3.63, 3.8) is 0 Å². The van der Waals surface area contributed by atoms with Crippen LogP contribution in [0.4, 0.5) is 0 Å². The second kappa shape index (κ2) is 5.11. The van der Waals surface area contributed by atoms with E-state index < -0.39 is 0 Å². The van der Waals surface area contributed by atoms with Crippen LogP contribution < -0.4 is 5.73 Å². The summed E-state index contributed by atoms with van der Waals surface area (Å²) < 4.78 is 6.58. The van der Waals surface area contributed by atoms with Crippen LogP contribution in [0.15, 0.2) is 34.2 Å². The van der Waals surface area contributed by atoms with Crippen LogP contribution in [0.3, 0.4) is 0 Å². The molecule has 0 fully saturated rings. The van der Waals surface area contributed by atoms with Gasteiger partial charge < -0.3 is 10.3 Å². The number of fused-ring (bicyclic) bond motifs is 1. The molecule has 0 amide bonds. The van der Waals surface area contributed by atoms with E-state index in [1.165, 1.54) is 4.70 Å². The van der Waals surface area contributed by atoms with Crippen molar-refractivity contribution in [2.75, 3.05) is 0 Å². The number of rotatable bonds is 4. The second-order valence-corrected chi connectivity index (χ2v) is 5.44. The van der Waals surface area contributed by atoms with E-state index in [9.17, 15) is 0 Å². The first-order valence-electron chi connectivity index (χ1n) is 6.32. The van der Waals surface area contributed by atoms with Crippen LogP contribution in [-0.4, -0.2) is 16.2 Å². The molecule has 4 nitrogen and oxygen atoms in total. The van der Waals surface area contributed by atoms with Gasteiger partial charge in [0, 0.05) is 27.9 Å². The second-order valence-electron chi connectivity index (χ2n) is 4.53. The van der Waals surface area contributed by atoms with Gasteiger partial charge in [-0.25, -0.2) is 0 Å². The molecule has 1 aromatic carbocycles. The number of thiophene rings is 1. The summed E-state index contributed by atoms with van der Waals surface area (Å²) in [6.45, 7) is 2.05. The summed E-state index contributed by atoms with van der Waals surface area (Å²) in [6.07, 6.45) is 1.56. The molecule has 0 aliphatic heterocycles. The predicted octanol–water partition coefficient (Wildman–Crippen LogP) is 3.23. The summed E-state index contributed by atoms with van der Waals surface area (Å²) in [5.74, 6) is 1.26. The van der Waals surface area contributed by atoms with Crippen molar-refractivity contribution in [2.45, 2.75) is 25.8 Å². The molecule has 1 atom stereocenters. The molecule has 0 saturated carbocycles. The van der Waals surface area contributed by atoms with E-state index in [0.717, 1.165) is 17.4 Å². The fourth-order valence-electron chi connectivity index (χ4n) is 1.97. The molecule has 1 unspecified atom stereocenters. The Kier molecular flexibility index (Phi) is 3.31. The van der Waals surface area contributed by atoms with Crippen LogP contribution in [0.5, 0.6) is 0 Å². The van der Waals surface area contributed by atoms with Gasteiger partial charge in [-0.1, -0.05) is 30.3 Å². The average Bonchev–Trinajstić information content (AvgIpc) is 3.04. The first kappa shape index (κ1) is 12.3. The van der Waals surface area contributed by atoms with Crippen LogP contribution in [0.2, 0.25) is 0 Å². The number of nitrogens with zero attached hydrogens (tertiary/aromatic N) is 2. The first-order chi connectivity index (χ1) is 9.28. The maximum Gasteiger partial charge on any atom is 0.259 e. The minimum absolute atomic E-state index is 0.0877. The Labute approximate surface area is 115 Å². The fourth-order valence-corrected chi connectivity index (χ4v) is 2.90. The molecule has 98 valence electrons. The van der Waals surface area contributed by atoms with Crippen molar-refractivity contribution in [1.82, 2.24) is 10.1 Å². The molecule has 19 heavy (non-hydrogen) atoms. The van der Waals surface area contributed by atoms with Gasteiger partial charge in [0.1, 0.15) is 0 Å². The highest BCUT2D eigenvalue weighted by Crippen LogP contribution is 2.32. The maximum absolute atomic E-state index is 5.90. The third kappa shape index (κ3) is 2.39. The quantitative estimate of drug-likeness (QED) is 0.792. The number of aromatic nitrogens is 2. The largest absolute Gasteiger partial charge is 0.334 e. The highest BCUT2D eigenvalue weighted by atomic mass is 32.1. The van der Waals surface area contributed by atoms with Crippen molar-refractivity contribution in [3.05, 3.63) is 35.5 Å². The van der Waals surface area contributed by atoms with Gasteiger partial charge in [0.15, 0.2) is 5.82 Å². The number of benzene rings is 1. The Hall–Kier alpha value is -1.72. The molecule has 2 aromatic heterocycles. The van der Waals surface area contributed by atoms with E-state index >= 15 is 0 Å². The zero-order chi connectivity index (χ0) is 13.2. The van der Waals surface area contributed by atoms with Crippen molar-refractivity contribution in [2.24, 2.45) is 5.73 Å². The molecule has 0 radical (unpaired) electrons. The van der Waals surface area contributed by atoms with Gasteiger partial charge in [-0.15, -0.1) is 11.3 Å². The van der Waals surface area contributed by atoms with Crippen molar-refractivity contribution in [1.29, 1.82) is 0 Å². The third-order valence-electron chi connectivity index (χ3n) is 3.15. The van der Waals surface area contributed by atoms with Crippen LogP contribution in [-0.2, 0) is 6.42 Å². The smallest absolute Gasteiger partial charge is 0.259 e. The number of hydrogen-bond donors (Lipinski definition) is 1. The molecule has 0 aliphatic carbocycles. The summed E-state index contributed by atoms with van der Waals surface area (Å²) in [4.78, 5) is 4.44. The van der Waals surface area contributed by atoms with Gasteiger partial charge in [-0.3, -0.25) is 0 Å². The summed E-state index contributed by atoms with van der Waals surface area (Å²) in [7, 11) is 0. The molecule has 2 N–H and O–H groups in total. The predicted molar refractivity (Wildman–Crippen MR) is 77.1 cm³/mol. The molecule has 0 aliphatic rings. The monoisotopic (exact) mass is 273 g/mol. The Morgan fingerprint density at radius 1 is 1.37 bits per heavy atom. The lowest BCUT2D eigenvalue weighted by atomic mass is 10.1. The van der Waals surface area contributed by atoms with E-state index in [4.69, 9.17) is 10.3 Å². The summed E-state index contributed by atoms with van der Waals surface area (Å²) in [5.41, 5.74) is 6.91. The molecule has 3 aromatic rings. The summed E-state index contributed by atoms with van der Waals surface area (Å²) in [5, 5.41) is 7.22. The lowest BCUT2D eigenvalue weighted by Gasteiger charge is -2.02. The third-order valence-corrected chi connectivity index (χ3v) is 4.11. The Morgan fingerprint density at radius 2 is 2.21 bits per heavy atom. The highest BCUT2D eigenvalue weighted by Gasteiger charge is 2.14.